The summed E-state index contributed by atoms with van der Waals surface area (Å²) in [5, 5.41) is 13.8. The van der Waals surface area contributed by atoms with Gasteiger partial charge in [-0.15, -0.1) is 0 Å². The van der Waals surface area contributed by atoms with Gasteiger partial charge in [-0.3, -0.25) is 4.98 Å². The highest BCUT2D eigenvalue weighted by Gasteiger charge is 2.33. The first-order chi connectivity index (χ1) is 11.4. The molecule has 0 spiro atoms. The van der Waals surface area contributed by atoms with Crippen molar-refractivity contribution in [1.29, 1.82) is 0 Å². The van der Waals surface area contributed by atoms with Crippen molar-refractivity contribution in [3.63, 3.8) is 0 Å². The van der Waals surface area contributed by atoms with Crippen LogP contribution in [0.25, 0.3) is 0 Å². The maximum Gasteiger partial charge on any atom is 0.123 e. The molecule has 0 saturated carbocycles. The van der Waals surface area contributed by atoms with E-state index < -0.39 is 6.10 Å². The lowest BCUT2D eigenvalue weighted by atomic mass is 9.90. The molecule has 0 amide bonds. The number of pyridine rings is 1. The molecule has 2 aromatic rings. The fourth-order valence-electron chi connectivity index (χ4n) is 3.11. The molecule has 5 heteroatoms. The summed E-state index contributed by atoms with van der Waals surface area (Å²) < 4.78 is 18.2. The van der Waals surface area contributed by atoms with Crippen molar-refractivity contribution >= 4 is 5.69 Å². The van der Waals surface area contributed by atoms with Crippen LogP contribution in [-0.2, 0) is 16.6 Å². The highest BCUT2D eigenvalue weighted by atomic mass is 19.1. The molecular formula is C19H23FN2O2. The van der Waals surface area contributed by atoms with Gasteiger partial charge in [0.2, 0.25) is 0 Å². The molecule has 1 aromatic carbocycles. The van der Waals surface area contributed by atoms with Gasteiger partial charge in [-0.1, -0.05) is 26.0 Å². The van der Waals surface area contributed by atoms with Crippen molar-refractivity contribution in [3.8, 4) is 0 Å². The number of anilines is 1. The minimum atomic E-state index is -0.785. The van der Waals surface area contributed by atoms with Crippen LogP contribution < -0.4 is 5.32 Å². The van der Waals surface area contributed by atoms with Gasteiger partial charge in [0.15, 0.2) is 0 Å². The number of halogens is 1. The average molecular weight is 330 g/mol. The van der Waals surface area contributed by atoms with E-state index in [-0.39, 0.29) is 17.8 Å². The zero-order valence-electron chi connectivity index (χ0n) is 14.3. The van der Waals surface area contributed by atoms with E-state index in [1.54, 1.807) is 19.2 Å². The fraction of sp³-hybridized carbons (Fsp3) is 0.421. The summed E-state index contributed by atoms with van der Waals surface area (Å²) in [4.78, 5) is 4.77. The number of hydrogen-bond acceptors (Lipinski definition) is 4. The van der Waals surface area contributed by atoms with E-state index in [0.29, 0.717) is 12.1 Å². The molecule has 1 atom stereocenters. The molecule has 0 bridgehead atoms. The summed E-state index contributed by atoms with van der Waals surface area (Å²) in [6.45, 7) is 5.27. The maximum absolute atomic E-state index is 13.1. The van der Waals surface area contributed by atoms with Gasteiger partial charge in [0.1, 0.15) is 11.9 Å². The lowest BCUT2D eigenvalue weighted by Gasteiger charge is -2.20. The fourth-order valence-corrected chi connectivity index (χ4v) is 3.11. The number of nitrogens with zero attached hydrogens (tertiary/aromatic N) is 1. The van der Waals surface area contributed by atoms with Crippen LogP contribution in [0.3, 0.4) is 0 Å². The second-order valence-corrected chi connectivity index (χ2v) is 6.94. The normalized spacial score (nSPS) is 16.5. The Labute approximate surface area is 141 Å². The Hall–Kier alpha value is -1.98. The summed E-state index contributed by atoms with van der Waals surface area (Å²) in [7, 11) is 1.56. The average Bonchev–Trinajstić information content (AvgIpc) is 2.84. The van der Waals surface area contributed by atoms with Gasteiger partial charge >= 0.3 is 0 Å². The van der Waals surface area contributed by atoms with Crippen LogP contribution in [0.4, 0.5) is 10.1 Å². The molecule has 2 N–H and O–H groups in total. The van der Waals surface area contributed by atoms with Crippen LogP contribution in [-0.4, -0.2) is 30.4 Å². The van der Waals surface area contributed by atoms with Crippen LogP contribution in [0.1, 0.15) is 42.5 Å². The van der Waals surface area contributed by atoms with E-state index in [9.17, 15) is 9.50 Å². The van der Waals surface area contributed by atoms with Gasteiger partial charge in [0, 0.05) is 19.1 Å². The zero-order chi connectivity index (χ0) is 17.3. The first-order valence-corrected chi connectivity index (χ1v) is 8.10. The van der Waals surface area contributed by atoms with E-state index in [4.69, 9.17) is 9.72 Å². The van der Waals surface area contributed by atoms with Gasteiger partial charge in [-0.25, -0.2) is 4.39 Å². The third-order valence-electron chi connectivity index (χ3n) is 4.44. The third kappa shape index (κ3) is 3.28. The first kappa shape index (κ1) is 16.9. The van der Waals surface area contributed by atoms with Crippen molar-refractivity contribution in [2.45, 2.75) is 31.8 Å². The van der Waals surface area contributed by atoms with E-state index in [0.717, 1.165) is 29.1 Å². The summed E-state index contributed by atoms with van der Waals surface area (Å²) in [5.74, 6) is -0.256. The maximum atomic E-state index is 13.1. The van der Waals surface area contributed by atoms with Gasteiger partial charge in [0.25, 0.3) is 0 Å². The Morgan fingerprint density at radius 1 is 1.33 bits per heavy atom. The number of aromatic nitrogens is 1. The van der Waals surface area contributed by atoms with Crippen molar-refractivity contribution in [2.75, 3.05) is 25.6 Å². The van der Waals surface area contributed by atoms with Crippen molar-refractivity contribution in [1.82, 2.24) is 4.98 Å². The van der Waals surface area contributed by atoms with Crippen LogP contribution >= 0.6 is 0 Å². The van der Waals surface area contributed by atoms with Gasteiger partial charge in [-0.2, -0.15) is 0 Å². The molecule has 24 heavy (non-hydrogen) atoms. The molecule has 1 aliphatic rings. The van der Waals surface area contributed by atoms with E-state index in [2.05, 4.69) is 25.2 Å². The van der Waals surface area contributed by atoms with Crippen LogP contribution in [0.15, 0.2) is 30.3 Å². The second kappa shape index (κ2) is 6.49. The molecule has 0 saturated heterocycles. The van der Waals surface area contributed by atoms with Crippen molar-refractivity contribution in [3.05, 3.63) is 58.7 Å². The SMILES string of the molecule is COCC(O)c1nc2c(cc1Cc1ccc(F)cc1)NCC2(C)C. The molecule has 4 nitrogen and oxygen atoms in total. The Balaban J connectivity index is 2.01. The quantitative estimate of drug-likeness (QED) is 0.884. The molecule has 2 heterocycles. The van der Waals surface area contributed by atoms with Crippen molar-refractivity contribution in [2.24, 2.45) is 0 Å². The highest BCUT2D eigenvalue weighted by Crippen LogP contribution is 2.37. The number of nitrogens with one attached hydrogen (secondary N) is 1. The number of aliphatic hydroxyl groups is 1. The van der Waals surface area contributed by atoms with Crippen LogP contribution in [0.5, 0.6) is 0 Å². The summed E-state index contributed by atoms with van der Waals surface area (Å²) in [6, 6.07) is 8.46. The molecule has 128 valence electrons. The summed E-state index contributed by atoms with van der Waals surface area (Å²) in [5.41, 5.74) is 4.43. The van der Waals surface area contributed by atoms with Crippen LogP contribution in [0, 0.1) is 5.82 Å². The number of fused-ring (bicyclic) bond motifs is 1. The molecule has 0 radical (unpaired) electrons. The Morgan fingerprint density at radius 2 is 2.04 bits per heavy atom. The first-order valence-electron chi connectivity index (χ1n) is 8.10. The van der Waals surface area contributed by atoms with E-state index >= 15 is 0 Å². The number of ether oxygens (including phenoxy) is 1. The van der Waals surface area contributed by atoms with Crippen LogP contribution in [0.2, 0.25) is 0 Å². The lowest BCUT2D eigenvalue weighted by molar-refractivity contribution is 0.0610. The Morgan fingerprint density at radius 3 is 2.71 bits per heavy atom. The predicted octanol–water partition coefficient (Wildman–Crippen LogP) is 3.19. The minimum absolute atomic E-state index is 0.0781. The zero-order valence-corrected chi connectivity index (χ0v) is 14.3. The molecule has 1 unspecified atom stereocenters. The number of rotatable bonds is 5. The minimum Gasteiger partial charge on any atom is -0.384 e. The Bertz CT molecular complexity index is 729. The monoisotopic (exact) mass is 330 g/mol. The molecule has 3 rings (SSSR count). The van der Waals surface area contributed by atoms with Gasteiger partial charge < -0.3 is 15.2 Å². The van der Waals surface area contributed by atoms with E-state index in [1.165, 1.54) is 12.1 Å². The summed E-state index contributed by atoms with van der Waals surface area (Å²) in [6.07, 6.45) is -0.203. The number of methoxy groups -OCH3 is 1. The molecule has 0 aliphatic carbocycles. The number of benzene rings is 1. The number of aliphatic hydroxyl groups excluding tert-OH is 1. The van der Waals surface area contributed by atoms with Gasteiger partial charge in [0.05, 0.1) is 23.7 Å². The molecule has 0 fully saturated rings. The molecule has 1 aliphatic heterocycles. The smallest absolute Gasteiger partial charge is 0.123 e. The topological polar surface area (TPSA) is 54.4 Å². The lowest BCUT2D eigenvalue weighted by Crippen LogP contribution is -2.21. The van der Waals surface area contributed by atoms with Gasteiger partial charge in [-0.05, 0) is 35.7 Å². The standard InChI is InChI=1S/C19H23FN2O2/c1-19(2)11-21-15-9-13(8-12-4-6-14(20)7-5-12)17(22-18(15)19)16(23)10-24-3/h4-7,9,16,21,23H,8,10-11H2,1-3H3. The summed E-state index contributed by atoms with van der Waals surface area (Å²) >= 11 is 0. The predicted molar refractivity (Wildman–Crippen MR) is 91.8 cm³/mol. The van der Waals surface area contributed by atoms with Crippen molar-refractivity contribution < 1.29 is 14.2 Å². The largest absolute Gasteiger partial charge is 0.384 e. The Kier molecular flexibility index (Phi) is 4.56. The number of hydrogen-bond donors (Lipinski definition) is 2. The molecule has 1 aromatic heterocycles. The molecular weight excluding hydrogens is 307 g/mol. The van der Waals surface area contributed by atoms with E-state index in [1.807, 2.05) is 0 Å². The third-order valence-corrected chi connectivity index (χ3v) is 4.44. The second-order valence-electron chi connectivity index (χ2n) is 6.94. The highest BCUT2D eigenvalue weighted by molar-refractivity contribution is 5.59.